The summed E-state index contributed by atoms with van der Waals surface area (Å²) >= 11 is 0. The second-order valence-electron chi connectivity index (χ2n) is 4.55. The Hall–Kier alpha value is -2.07. The van der Waals surface area contributed by atoms with Crippen molar-refractivity contribution < 1.29 is 14.3 Å². The normalized spacial score (nSPS) is 12.3. The maximum Gasteiger partial charge on any atom is 0.338 e. The van der Waals surface area contributed by atoms with E-state index in [1.807, 2.05) is 18.2 Å². The van der Waals surface area contributed by atoms with E-state index in [4.69, 9.17) is 9.52 Å². The lowest BCUT2D eigenvalue weighted by molar-refractivity contribution is 0.0696. The molecule has 1 atom stereocenters. The third-order valence-electron chi connectivity index (χ3n) is 3.02. The Balaban J connectivity index is 1.81. The van der Waals surface area contributed by atoms with Crippen LogP contribution in [0.25, 0.3) is 0 Å². The highest BCUT2D eigenvalue weighted by molar-refractivity contribution is 5.87. The van der Waals surface area contributed by atoms with E-state index in [0.29, 0.717) is 18.2 Å². The van der Waals surface area contributed by atoms with Crippen molar-refractivity contribution >= 4 is 5.97 Å². The molecule has 0 bridgehead atoms. The first-order chi connectivity index (χ1) is 9.16. The molecule has 4 heteroatoms. The number of hydrogen-bond donors (Lipinski definition) is 2. The second-order valence-corrected chi connectivity index (χ2v) is 4.55. The van der Waals surface area contributed by atoms with Crippen LogP contribution >= 0.6 is 0 Å². The predicted molar refractivity (Wildman–Crippen MR) is 72.2 cm³/mol. The Kier molecular flexibility index (Phi) is 4.36. The van der Waals surface area contributed by atoms with Gasteiger partial charge in [-0.25, -0.2) is 4.79 Å². The molecule has 0 fully saturated rings. The SMILES string of the molecule is CC(CNCc1cc(C(=O)O)co1)c1ccccc1. The molecule has 0 aliphatic heterocycles. The van der Waals surface area contributed by atoms with Gasteiger partial charge in [0, 0.05) is 6.54 Å². The van der Waals surface area contributed by atoms with E-state index in [0.717, 1.165) is 6.54 Å². The maximum atomic E-state index is 10.7. The monoisotopic (exact) mass is 259 g/mol. The minimum absolute atomic E-state index is 0.188. The van der Waals surface area contributed by atoms with Crippen molar-refractivity contribution in [3.8, 4) is 0 Å². The number of aromatic carboxylic acids is 1. The number of rotatable bonds is 6. The van der Waals surface area contributed by atoms with Gasteiger partial charge in [0.25, 0.3) is 0 Å². The Bertz CT molecular complexity index is 533. The number of furan rings is 1. The summed E-state index contributed by atoms with van der Waals surface area (Å²) in [6.45, 7) is 3.49. The van der Waals surface area contributed by atoms with Crippen molar-refractivity contribution in [1.29, 1.82) is 0 Å². The Morgan fingerprint density at radius 2 is 2.11 bits per heavy atom. The lowest BCUT2D eigenvalue weighted by Crippen LogP contribution is -2.19. The van der Waals surface area contributed by atoms with Gasteiger partial charge in [-0.3, -0.25) is 0 Å². The number of carbonyl (C=O) groups is 1. The van der Waals surface area contributed by atoms with Crippen molar-refractivity contribution in [3.05, 3.63) is 59.5 Å². The Morgan fingerprint density at radius 3 is 2.74 bits per heavy atom. The summed E-state index contributed by atoms with van der Waals surface area (Å²) in [5.41, 5.74) is 1.47. The number of nitrogens with one attached hydrogen (secondary N) is 1. The molecule has 4 nitrogen and oxygen atoms in total. The number of carboxylic acid groups (broad SMARTS) is 1. The van der Waals surface area contributed by atoms with Crippen LogP contribution in [0.3, 0.4) is 0 Å². The van der Waals surface area contributed by atoms with Crippen molar-refractivity contribution in [2.24, 2.45) is 0 Å². The van der Waals surface area contributed by atoms with Crippen LogP contribution in [0.2, 0.25) is 0 Å². The third-order valence-corrected chi connectivity index (χ3v) is 3.02. The van der Waals surface area contributed by atoms with Gasteiger partial charge in [0.05, 0.1) is 12.1 Å². The summed E-state index contributed by atoms with van der Waals surface area (Å²) in [5.74, 6) is 0.0698. The van der Waals surface area contributed by atoms with Gasteiger partial charge in [-0.2, -0.15) is 0 Å². The van der Waals surface area contributed by atoms with Gasteiger partial charge in [-0.15, -0.1) is 0 Å². The molecule has 0 aliphatic rings. The van der Waals surface area contributed by atoms with Crippen molar-refractivity contribution in [1.82, 2.24) is 5.32 Å². The average Bonchev–Trinajstić information content (AvgIpc) is 2.89. The predicted octanol–water partition coefficient (Wildman–Crippen LogP) is 2.87. The van der Waals surface area contributed by atoms with Gasteiger partial charge in [-0.05, 0) is 17.5 Å². The van der Waals surface area contributed by atoms with Crippen LogP contribution in [0.5, 0.6) is 0 Å². The van der Waals surface area contributed by atoms with Crippen LogP contribution in [0, 0.1) is 0 Å². The minimum atomic E-state index is -0.965. The first-order valence-electron chi connectivity index (χ1n) is 6.23. The molecule has 0 amide bonds. The van der Waals surface area contributed by atoms with Crippen molar-refractivity contribution in [2.45, 2.75) is 19.4 Å². The molecular weight excluding hydrogens is 242 g/mol. The van der Waals surface area contributed by atoms with Crippen LogP contribution in [0.1, 0.15) is 34.5 Å². The molecular formula is C15H17NO3. The molecule has 0 radical (unpaired) electrons. The van der Waals surface area contributed by atoms with Crippen LogP contribution in [0.15, 0.2) is 47.1 Å². The molecule has 100 valence electrons. The highest BCUT2D eigenvalue weighted by atomic mass is 16.4. The van der Waals surface area contributed by atoms with Crippen molar-refractivity contribution in [3.63, 3.8) is 0 Å². The highest BCUT2D eigenvalue weighted by Crippen LogP contribution is 2.13. The molecule has 2 aromatic rings. The van der Waals surface area contributed by atoms with E-state index in [1.165, 1.54) is 11.8 Å². The van der Waals surface area contributed by atoms with E-state index in [1.54, 1.807) is 6.07 Å². The summed E-state index contributed by atoms with van der Waals surface area (Å²) < 4.78 is 5.17. The molecule has 0 saturated carbocycles. The molecule has 1 aromatic carbocycles. The van der Waals surface area contributed by atoms with Crippen LogP contribution in [0.4, 0.5) is 0 Å². The molecule has 2 rings (SSSR count). The van der Waals surface area contributed by atoms with E-state index in [9.17, 15) is 4.79 Å². The van der Waals surface area contributed by atoms with Crippen LogP contribution in [-0.4, -0.2) is 17.6 Å². The molecule has 2 N–H and O–H groups in total. The lowest BCUT2D eigenvalue weighted by atomic mass is 10.0. The standard InChI is InChI=1S/C15H17NO3/c1-11(12-5-3-2-4-6-12)8-16-9-14-7-13(10-19-14)15(17)18/h2-7,10-11,16H,8-9H2,1H3,(H,17,18). The van der Waals surface area contributed by atoms with Gasteiger partial charge in [0.2, 0.25) is 0 Å². The fourth-order valence-corrected chi connectivity index (χ4v) is 1.90. The lowest BCUT2D eigenvalue weighted by Gasteiger charge is -2.12. The van der Waals surface area contributed by atoms with Crippen LogP contribution in [-0.2, 0) is 6.54 Å². The van der Waals surface area contributed by atoms with Gasteiger partial charge in [-0.1, -0.05) is 37.3 Å². The van der Waals surface area contributed by atoms with E-state index < -0.39 is 5.97 Å². The van der Waals surface area contributed by atoms with E-state index >= 15 is 0 Å². The zero-order valence-electron chi connectivity index (χ0n) is 10.8. The molecule has 1 aromatic heterocycles. The molecule has 19 heavy (non-hydrogen) atoms. The molecule has 0 aliphatic carbocycles. The Labute approximate surface area is 112 Å². The van der Waals surface area contributed by atoms with Crippen LogP contribution < -0.4 is 5.32 Å². The first kappa shape index (κ1) is 13.4. The molecule has 1 heterocycles. The van der Waals surface area contributed by atoms with Gasteiger partial charge < -0.3 is 14.8 Å². The van der Waals surface area contributed by atoms with Gasteiger partial charge in [0.1, 0.15) is 12.0 Å². The first-order valence-corrected chi connectivity index (χ1v) is 6.23. The zero-order valence-corrected chi connectivity index (χ0v) is 10.8. The van der Waals surface area contributed by atoms with Gasteiger partial charge >= 0.3 is 5.97 Å². The molecule has 0 saturated heterocycles. The van der Waals surface area contributed by atoms with E-state index in [-0.39, 0.29) is 5.56 Å². The van der Waals surface area contributed by atoms with E-state index in [2.05, 4.69) is 24.4 Å². The average molecular weight is 259 g/mol. The maximum absolute atomic E-state index is 10.7. The summed E-state index contributed by atoms with van der Waals surface area (Å²) in [4.78, 5) is 10.7. The largest absolute Gasteiger partial charge is 0.478 e. The zero-order chi connectivity index (χ0) is 13.7. The summed E-state index contributed by atoms with van der Waals surface area (Å²) in [5, 5.41) is 12.0. The minimum Gasteiger partial charge on any atom is -0.478 e. The fraction of sp³-hybridized carbons (Fsp3) is 0.267. The number of hydrogen-bond acceptors (Lipinski definition) is 3. The molecule has 0 spiro atoms. The fourth-order valence-electron chi connectivity index (χ4n) is 1.90. The quantitative estimate of drug-likeness (QED) is 0.837. The summed E-state index contributed by atoms with van der Waals surface area (Å²) in [6.07, 6.45) is 1.26. The third kappa shape index (κ3) is 3.69. The second kappa shape index (κ2) is 6.20. The topological polar surface area (TPSA) is 62.5 Å². The number of benzene rings is 1. The van der Waals surface area contributed by atoms with Gasteiger partial charge in [0.15, 0.2) is 0 Å². The summed E-state index contributed by atoms with van der Waals surface area (Å²) in [6, 6.07) is 11.8. The van der Waals surface area contributed by atoms with Crippen molar-refractivity contribution in [2.75, 3.05) is 6.54 Å². The Morgan fingerprint density at radius 1 is 1.37 bits per heavy atom. The highest BCUT2D eigenvalue weighted by Gasteiger charge is 2.09. The smallest absolute Gasteiger partial charge is 0.338 e. The summed E-state index contributed by atoms with van der Waals surface area (Å²) in [7, 11) is 0. The number of carboxylic acids is 1. The molecule has 1 unspecified atom stereocenters.